The number of sulfonamides is 1. The van der Waals surface area contributed by atoms with Gasteiger partial charge in [0.15, 0.2) is 0 Å². The number of hydrogen-bond acceptors (Lipinski definition) is 5. The fourth-order valence-electron chi connectivity index (χ4n) is 1.42. The molecule has 0 saturated carbocycles. The van der Waals surface area contributed by atoms with E-state index >= 15 is 0 Å². The molecule has 2 heterocycles. The minimum absolute atomic E-state index is 0.0502. The fourth-order valence-corrected chi connectivity index (χ4v) is 2.71. The maximum Gasteiger partial charge on any atom is 0.266 e. The Morgan fingerprint density at radius 3 is 2.63 bits per heavy atom. The van der Waals surface area contributed by atoms with Crippen molar-refractivity contribution in [3.05, 3.63) is 41.7 Å². The molecule has 100 valence electrons. The monoisotopic (exact) mass is 298 g/mol. The van der Waals surface area contributed by atoms with Crippen molar-refractivity contribution in [3.8, 4) is 0 Å². The van der Waals surface area contributed by atoms with Gasteiger partial charge in [-0.3, -0.25) is 4.72 Å². The van der Waals surface area contributed by atoms with Crippen LogP contribution in [0, 0.1) is 0 Å². The van der Waals surface area contributed by atoms with Gasteiger partial charge in [-0.25, -0.2) is 18.4 Å². The topological polar surface area (TPSA) is 84.0 Å². The summed E-state index contributed by atoms with van der Waals surface area (Å²) in [7, 11) is -2.15. The molecule has 0 atom stereocenters. The highest BCUT2D eigenvalue weighted by Crippen LogP contribution is 2.20. The molecule has 0 aromatic carbocycles. The van der Waals surface area contributed by atoms with E-state index in [1.807, 2.05) is 0 Å². The minimum Gasteiger partial charge on any atom is -0.372 e. The number of hydrogen-bond donors (Lipinski definition) is 2. The molecule has 0 amide bonds. The smallest absolute Gasteiger partial charge is 0.266 e. The van der Waals surface area contributed by atoms with Gasteiger partial charge < -0.3 is 5.32 Å². The summed E-state index contributed by atoms with van der Waals surface area (Å²) in [5, 5.41) is 3.16. The molecule has 0 bridgehead atoms. The average Bonchev–Trinajstić information content (AvgIpc) is 2.41. The van der Waals surface area contributed by atoms with Crippen LogP contribution in [0.3, 0.4) is 0 Å². The lowest BCUT2D eigenvalue weighted by Crippen LogP contribution is -2.16. The second kappa shape index (κ2) is 5.41. The standard InChI is InChI=1S/C11H11ClN4O2S/c1-13-11-9(3-2-6-14-11)19(17,18)16-10-5-4-8(12)7-15-10/h2-7H,1H3,(H,13,14)(H,15,16). The lowest BCUT2D eigenvalue weighted by Gasteiger charge is -2.10. The number of anilines is 2. The zero-order chi connectivity index (χ0) is 13.9. The second-order valence-electron chi connectivity index (χ2n) is 3.57. The van der Waals surface area contributed by atoms with Gasteiger partial charge in [-0.2, -0.15) is 0 Å². The molecule has 2 rings (SSSR count). The molecule has 0 unspecified atom stereocenters. The number of rotatable bonds is 4. The van der Waals surface area contributed by atoms with Crippen molar-refractivity contribution in [1.82, 2.24) is 9.97 Å². The van der Waals surface area contributed by atoms with Crippen LogP contribution >= 0.6 is 11.6 Å². The number of pyridine rings is 2. The first-order valence-electron chi connectivity index (χ1n) is 5.30. The molecule has 2 aromatic rings. The Hall–Kier alpha value is -1.86. The van der Waals surface area contributed by atoms with E-state index in [9.17, 15) is 8.42 Å². The summed E-state index contributed by atoms with van der Waals surface area (Å²) < 4.78 is 26.8. The zero-order valence-corrected chi connectivity index (χ0v) is 11.5. The highest BCUT2D eigenvalue weighted by Gasteiger charge is 2.19. The number of nitrogens with zero attached hydrogens (tertiary/aromatic N) is 2. The van der Waals surface area contributed by atoms with Gasteiger partial charge in [-0.15, -0.1) is 0 Å². The first-order chi connectivity index (χ1) is 9.03. The Morgan fingerprint density at radius 1 is 1.21 bits per heavy atom. The van der Waals surface area contributed by atoms with Crippen LogP contribution in [-0.2, 0) is 10.0 Å². The van der Waals surface area contributed by atoms with Crippen LogP contribution in [-0.4, -0.2) is 25.4 Å². The third-order valence-corrected chi connectivity index (χ3v) is 3.87. The number of nitrogens with one attached hydrogen (secondary N) is 2. The highest BCUT2D eigenvalue weighted by molar-refractivity contribution is 7.92. The van der Waals surface area contributed by atoms with Crippen LogP contribution < -0.4 is 10.0 Å². The molecule has 0 aliphatic carbocycles. The maximum absolute atomic E-state index is 12.2. The number of halogens is 1. The Balaban J connectivity index is 2.35. The van der Waals surface area contributed by atoms with Gasteiger partial charge >= 0.3 is 0 Å². The van der Waals surface area contributed by atoms with E-state index in [2.05, 4.69) is 20.0 Å². The fraction of sp³-hybridized carbons (Fsp3) is 0.0909. The molecule has 0 aliphatic rings. The SMILES string of the molecule is CNc1ncccc1S(=O)(=O)Nc1ccc(Cl)cn1. The summed E-state index contributed by atoms with van der Waals surface area (Å²) in [6.07, 6.45) is 2.87. The Labute approximate surface area is 115 Å². The summed E-state index contributed by atoms with van der Waals surface area (Å²) in [5.41, 5.74) is 0. The lowest BCUT2D eigenvalue weighted by molar-refractivity contribution is 0.601. The van der Waals surface area contributed by atoms with Crippen LogP contribution in [0.2, 0.25) is 5.02 Å². The van der Waals surface area contributed by atoms with Crippen LogP contribution in [0.5, 0.6) is 0 Å². The molecule has 19 heavy (non-hydrogen) atoms. The molecular weight excluding hydrogens is 288 g/mol. The summed E-state index contributed by atoms with van der Waals surface area (Å²) in [4.78, 5) is 7.88. The van der Waals surface area contributed by atoms with Gasteiger partial charge in [0, 0.05) is 19.4 Å². The first-order valence-corrected chi connectivity index (χ1v) is 7.16. The van der Waals surface area contributed by atoms with Crippen molar-refractivity contribution in [2.75, 3.05) is 17.1 Å². The van der Waals surface area contributed by atoms with Crippen molar-refractivity contribution < 1.29 is 8.42 Å². The van der Waals surface area contributed by atoms with Gasteiger partial charge in [-0.05, 0) is 24.3 Å². The predicted molar refractivity (Wildman–Crippen MR) is 73.8 cm³/mol. The Morgan fingerprint density at radius 2 is 2.00 bits per heavy atom. The van der Waals surface area contributed by atoms with E-state index in [-0.39, 0.29) is 16.5 Å². The van der Waals surface area contributed by atoms with E-state index < -0.39 is 10.0 Å². The van der Waals surface area contributed by atoms with Gasteiger partial charge in [0.05, 0.1) is 5.02 Å². The molecule has 0 aliphatic heterocycles. The summed E-state index contributed by atoms with van der Waals surface area (Å²) in [5.74, 6) is 0.458. The minimum atomic E-state index is -3.75. The van der Waals surface area contributed by atoms with Crippen LogP contribution in [0.4, 0.5) is 11.6 Å². The molecular formula is C11H11ClN4O2S. The lowest BCUT2D eigenvalue weighted by atomic mass is 10.5. The summed E-state index contributed by atoms with van der Waals surface area (Å²) >= 11 is 5.69. The average molecular weight is 299 g/mol. The van der Waals surface area contributed by atoms with Crippen molar-refractivity contribution >= 4 is 33.3 Å². The van der Waals surface area contributed by atoms with Crippen molar-refractivity contribution in [2.45, 2.75) is 4.90 Å². The summed E-state index contributed by atoms with van der Waals surface area (Å²) in [6.45, 7) is 0. The molecule has 0 spiro atoms. The molecule has 8 heteroatoms. The molecule has 2 N–H and O–H groups in total. The zero-order valence-electron chi connectivity index (χ0n) is 9.96. The Bertz CT molecular complexity index is 673. The van der Waals surface area contributed by atoms with Crippen molar-refractivity contribution in [3.63, 3.8) is 0 Å². The van der Waals surface area contributed by atoms with E-state index in [1.165, 1.54) is 24.5 Å². The first kappa shape index (κ1) is 13.6. The van der Waals surface area contributed by atoms with Crippen LogP contribution in [0.15, 0.2) is 41.6 Å². The van der Waals surface area contributed by atoms with E-state index in [4.69, 9.17) is 11.6 Å². The van der Waals surface area contributed by atoms with E-state index in [1.54, 1.807) is 19.2 Å². The van der Waals surface area contributed by atoms with Gasteiger partial charge in [0.2, 0.25) is 0 Å². The Kier molecular flexibility index (Phi) is 3.87. The van der Waals surface area contributed by atoms with Gasteiger partial charge in [0.25, 0.3) is 10.0 Å². The molecule has 0 radical (unpaired) electrons. The van der Waals surface area contributed by atoms with E-state index in [0.29, 0.717) is 5.02 Å². The van der Waals surface area contributed by atoms with Crippen LogP contribution in [0.25, 0.3) is 0 Å². The molecule has 2 aromatic heterocycles. The largest absolute Gasteiger partial charge is 0.372 e. The normalized spacial score (nSPS) is 11.1. The molecule has 0 saturated heterocycles. The predicted octanol–water partition coefficient (Wildman–Crippen LogP) is 1.97. The van der Waals surface area contributed by atoms with E-state index in [0.717, 1.165) is 0 Å². The quantitative estimate of drug-likeness (QED) is 0.901. The molecule has 0 fully saturated rings. The number of aromatic nitrogens is 2. The summed E-state index contributed by atoms with van der Waals surface area (Å²) in [6, 6.07) is 6.03. The third-order valence-electron chi connectivity index (χ3n) is 2.26. The van der Waals surface area contributed by atoms with Gasteiger partial charge in [0.1, 0.15) is 16.5 Å². The van der Waals surface area contributed by atoms with Crippen molar-refractivity contribution in [1.29, 1.82) is 0 Å². The van der Waals surface area contributed by atoms with Crippen LogP contribution in [0.1, 0.15) is 0 Å². The van der Waals surface area contributed by atoms with Gasteiger partial charge in [-0.1, -0.05) is 11.6 Å². The second-order valence-corrected chi connectivity index (χ2v) is 5.65. The maximum atomic E-state index is 12.2. The third kappa shape index (κ3) is 3.12. The molecule has 6 nitrogen and oxygen atoms in total. The van der Waals surface area contributed by atoms with Crippen molar-refractivity contribution in [2.24, 2.45) is 0 Å². The highest BCUT2D eigenvalue weighted by atomic mass is 35.5.